The quantitative estimate of drug-likeness (QED) is 0.832. The van der Waals surface area contributed by atoms with Gasteiger partial charge in [0.1, 0.15) is 5.82 Å². The number of pyridine rings is 1. The van der Waals surface area contributed by atoms with Crippen LogP contribution in [0, 0.1) is 5.92 Å². The Morgan fingerprint density at radius 1 is 1.00 bits per heavy atom. The summed E-state index contributed by atoms with van der Waals surface area (Å²) in [4.78, 5) is 9.53. The number of anilines is 1. The number of aromatic nitrogens is 1. The zero-order chi connectivity index (χ0) is 12.9. The van der Waals surface area contributed by atoms with Crippen LogP contribution >= 0.6 is 0 Å². The van der Waals surface area contributed by atoms with Crippen LogP contribution in [0.15, 0.2) is 24.4 Å². The lowest BCUT2D eigenvalue weighted by Crippen LogP contribution is -2.48. The van der Waals surface area contributed by atoms with Crippen LogP contribution in [-0.2, 0) is 0 Å². The van der Waals surface area contributed by atoms with E-state index in [0.29, 0.717) is 0 Å². The number of nitrogens with zero attached hydrogens (tertiary/aromatic N) is 3. The van der Waals surface area contributed by atoms with E-state index in [1.165, 1.54) is 51.7 Å². The molecule has 0 spiro atoms. The molecule has 0 radical (unpaired) electrons. The average Bonchev–Trinajstić information content (AvgIpc) is 2.50. The van der Waals surface area contributed by atoms with Crippen LogP contribution in [0.5, 0.6) is 0 Å². The summed E-state index contributed by atoms with van der Waals surface area (Å²) in [5.41, 5.74) is 0. The highest BCUT2D eigenvalue weighted by molar-refractivity contribution is 5.38. The van der Waals surface area contributed by atoms with E-state index in [4.69, 9.17) is 0 Å². The van der Waals surface area contributed by atoms with Crippen LogP contribution in [0.1, 0.15) is 32.1 Å². The summed E-state index contributed by atoms with van der Waals surface area (Å²) in [6.45, 7) is 5.99. The van der Waals surface area contributed by atoms with Gasteiger partial charge < -0.3 is 4.90 Å². The van der Waals surface area contributed by atoms with E-state index in [1.54, 1.807) is 0 Å². The first-order chi connectivity index (χ1) is 9.42. The summed E-state index contributed by atoms with van der Waals surface area (Å²) in [6.07, 6.45) is 9.19. The molecule has 0 aromatic carbocycles. The SMILES string of the molecule is c1ccc(N2CCN(CC3CCCCC3)CC2)nc1. The Morgan fingerprint density at radius 3 is 2.47 bits per heavy atom. The highest BCUT2D eigenvalue weighted by atomic mass is 15.3. The molecular weight excluding hydrogens is 234 g/mol. The highest BCUT2D eigenvalue weighted by Crippen LogP contribution is 2.25. The van der Waals surface area contributed by atoms with Crippen molar-refractivity contribution < 1.29 is 0 Å². The van der Waals surface area contributed by atoms with Crippen LogP contribution in [0.4, 0.5) is 5.82 Å². The molecule has 2 heterocycles. The molecule has 2 aliphatic rings. The molecule has 104 valence electrons. The van der Waals surface area contributed by atoms with Crippen LogP contribution in [0.2, 0.25) is 0 Å². The van der Waals surface area contributed by atoms with Gasteiger partial charge in [0.2, 0.25) is 0 Å². The third-order valence-electron chi connectivity index (χ3n) is 4.59. The van der Waals surface area contributed by atoms with Crippen LogP contribution in [-0.4, -0.2) is 42.6 Å². The van der Waals surface area contributed by atoms with E-state index in [1.807, 2.05) is 12.3 Å². The molecule has 1 aromatic heterocycles. The molecule has 1 aliphatic carbocycles. The lowest BCUT2D eigenvalue weighted by molar-refractivity contribution is 0.192. The molecule has 1 saturated heterocycles. The first-order valence-electron chi connectivity index (χ1n) is 7.80. The molecule has 2 fully saturated rings. The number of rotatable bonds is 3. The minimum absolute atomic E-state index is 0.968. The summed E-state index contributed by atoms with van der Waals surface area (Å²) in [6, 6.07) is 6.19. The molecule has 0 unspecified atom stereocenters. The van der Waals surface area contributed by atoms with Gasteiger partial charge in [0, 0.05) is 38.9 Å². The van der Waals surface area contributed by atoms with Crippen molar-refractivity contribution in [3.05, 3.63) is 24.4 Å². The average molecular weight is 259 g/mol. The second-order valence-corrected chi connectivity index (χ2v) is 5.98. The molecular formula is C16H25N3. The Balaban J connectivity index is 1.46. The van der Waals surface area contributed by atoms with Crippen LogP contribution in [0.3, 0.4) is 0 Å². The minimum Gasteiger partial charge on any atom is -0.354 e. The maximum absolute atomic E-state index is 4.45. The minimum atomic E-state index is 0.968. The predicted molar refractivity (Wildman–Crippen MR) is 79.5 cm³/mol. The van der Waals surface area contributed by atoms with Crippen molar-refractivity contribution in [3.8, 4) is 0 Å². The summed E-state index contributed by atoms with van der Waals surface area (Å²) in [5, 5.41) is 0. The lowest BCUT2D eigenvalue weighted by Gasteiger charge is -2.37. The van der Waals surface area contributed by atoms with Gasteiger partial charge in [-0.3, -0.25) is 4.90 Å². The van der Waals surface area contributed by atoms with E-state index in [-0.39, 0.29) is 0 Å². The molecule has 19 heavy (non-hydrogen) atoms. The summed E-state index contributed by atoms with van der Waals surface area (Å²) >= 11 is 0. The Bertz CT molecular complexity index is 365. The second-order valence-electron chi connectivity index (χ2n) is 5.98. The molecule has 1 aromatic rings. The third-order valence-corrected chi connectivity index (χ3v) is 4.59. The van der Waals surface area contributed by atoms with E-state index < -0.39 is 0 Å². The molecule has 1 aliphatic heterocycles. The molecule has 3 heteroatoms. The number of piperazine rings is 1. The fourth-order valence-electron chi connectivity index (χ4n) is 3.44. The van der Waals surface area contributed by atoms with Gasteiger partial charge in [-0.15, -0.1) is 0 Å². The number of hydrogen-bond acceptors (Lipinski definition) is 3. The topological polar surface area (TPSA) is 19.4 Å². The van der Waals surface area contributed by atoms with E-state index in [0.717, 1.165) is 24.8 Å². The zero-order valence-electron chi connectivity index (χ0n) is 11.8. The molecule has 1 saturated carbocycles. The standard InChI is InChI=1S/C16H25N3/c1-2-6-15(7-3-1)14-18-10-12-19(13-11-18)16-8-4-5-9-17-16/h4-5,8-9,15H,1-3,6-7,10-14H2. The molecule has 0 atom stereocenters. The van der Waals surface area contributed by atoms with Crippen LogP contribution < -0.4 is 4.90 Å². The van der Waals surface area contributed by atoms with Gasteiger partial charge in [-0.25, -0.2) is 4.98 Å². The maximum atomic E-state index is 4.45. The van der Waals surface area contributed by atoms with Crippen molar-refractivity contribution in [1.82, 2.24) is 9.88 Å². The van der Waals surface area contributed by atoms with E-state index in [2.05, 4.69) is 26.9 Å². The van der Waals surface area contributed by atoms with Crippen molar-refractivity contribution in [2.24, 2.45) is 5.92 Å². The predicted octanol–water partition coefficient (Wildman–Crippen LogP) is 2.78. The van der Waals surface area contributed by atoms with Gasteiger partial charge in [0.25, 0.3) is 0 Å². The first kappa shape index (κ1) is 12.9. The van der Waals surface area contributed by atoms with Gasteiger partial charge in [0.05, 0.1) is 0 Å². The first-order valence-corrected chi connectivity index (χ1v) is 7.80. The smallest absolute Gasteiger partial charge is 0.128 e. The number of hydrogen-bond donors (Lipinski definition) is 0. The fraction of sp³-hybridized carbons (Fsp3) is 0.688. The second kappa shape index (κ2) is 6.38. The molecule has 0 N–H and O–H groups in total. The van der Waals surface area contributed by atoms with Crippen LogP contribution in [0.25, 0.3) is 0 Å². The Morgan fingerprint density at radius 2 is 1.79 bits per heavy atom. The van der Waals surface area contributed by atoms with E-state index in [9.17, 15) is 0 Å². The fourth-order valence-corrected chi connectivity index (χ4v) is 3.44. The van der Waals surface area contributed by atoms with Crippen molar-refractivity contribution in [3.63, 3.8) is 0 Å². The Kier molecular flexibility index (Phi) is 4.34. The van der Waals surface area contributed by atoms with Crippen molar-refractivity contribution in [1.29, 1.82) is 0 Å². The van der Waals surface area contributed by atoms with Gasteiger partial charge in [0.15, 0.2) is 0 Å². The molecule has 0 bridgehead atoms. The van der Waals surface area contributed by atoms with Gasteiger partial charge in [-0.2, -0.15) is 0 Å². The van der Waals surface area contributed by atoms with Crippen molar-refractivity contribution in [2.45, 2.75) is 32.1 Å². The molecule has 3 nitrogen and oxygen atoms in total. The lowest BCUT2D eigenvalue weighted by atomic mass is 9.89. The highest BCUT2D eigenvalue weighted by Gasteiger charge is 2.21. The Labute approximate surface area is 116 Å². The summed E-state index contributed by atoms with van der Waals surface area (Å²) < 4.78 is 0. The van der Waals surface area contributed by atoms with Crippen molar-refractivity contribution >= 4 is 5.82 Å². The van der Waals surface area contributed by atoms with Crippen molar-refractivity contribution in [2.75, 3.05) is 37.6 Å². The molecule has 3 rings (SSSR count). The molecule has 0 amide bonds. The third kappa shape index (κ3) is 3.47. The maximum Gasteiger partial charge on any atom is 0.128 e. The van der Waals surface area contributed by atoms with Gasteiger partial charge in [-0.05, 0) is 30.9 Å². The normalized spacial score (nSPS) is 22.6. The van der Waals surface area contributed by atoms with Gasteiger partial charge in [-0.1, -0.05) is 25.3 Å². The largest absolute Gasteiger partial charge is 0.354 e. The Hall–Kier alpha value is -1.09. The zero-order valence-corrected chi connectivity index (χ0v) is 11.8. The summed E-state index contributed by atoms with van der Waals surface area (Å²) in [5.74, 6) is 2.11. The summed E-state index contributed by atoms with van der Waals surface area (Å²) in [7, 11) is 0. The monoisotopic (exact) mass is 259 g/mol. The van der Waals surface area contributed by atoms with E-state index >= 15 is 0 Å². The van der Waals surface area contributed by atoms with Gasteiger partial charge >= 0.3 is 0 Å².